The van der Waals surface area contributed by atoms with Crippen LogP contribution in [0.4, 0.5) is 0 Å². The molecule has 1 atom stereocenters. The van der Waals surface area contributed by atoms with Gasteiger partial charge in [-0.15, -0.1) is 0 Å². The van der Waals surface area contributed by atoms with E-state index in [9.17, 15) is 0 Å². The van der Waals surface area contributed by atoms with Crippen LogP contribution in [0.25, 0.3) is 0 Å². The second-order valence-corrected chi connectivity index (χ2v) is 4.97. The van der Waals surface area contributed by atoms with Gasteiger partial charge in [-0.25, -0.2) is 0 Å². The van der Waals surface area contributed by atoms with E-state index in [0.29, 0.717) is 5.92 Å². The standard InChI is InChI=1S/C13H20BrN/c1-4-10(5-2)13(15)11-6-7-12(14)9(3)8-11/h6-8,10,13H,4-5,15H2,1-3H3. The maximum Gasteiger partial charge on any atom is 0.0323 e. The summed E-state index contributed by atoms with van der Waals surface area (Å²) in [7, 11) is 0. The molecule has 0 heterocycles. The second-order valence-electron chi connectivity index (χ2n) is 4.11. The van der Waals surface area contributed by atoms with Gasteiger partial charge in [0.1, 0.15) is 0 Å². The van der Waals surface area contributed by atoms with Crippen LogP contribution in [0.1, 0.15) is 43.9 Å². The van der Waals surface area contributed by atoms with Crippen molar-refractivity contribution >= 4 is 15.9 Å². The molecular formula is C13H20BrN. The molecule has 0 bridgehead atoms. The molecule has 0 aliphatic heterocycles. The van der Waals surface area contributed by atoms with Crippen molar-refractivity contribution in [2.75, 3.05) is 0 Å². The first-order valence-electron chi connectivity index (χ1n) is 5.61. The Balaban J connectivity index is 2.90. The highest BCUT2D eigenvalue weighted by Crippen LogP contribution is 2.27. The number of benzene rings is 1. The first-order valence-corrected chi connectivity index (χ1v) is 6.41. The Morgan fingerprint density at radius 2 is 1.87 bits per heavy atom. The summed E-state index contributed by atoms with van der Waals surface area (Å²) < 4.78 is 1.16. The van der Waals surface area contributed by atoms with Gasteiger partial charge in [0.15, 0.2) is 0 Å². The highest BCUT2D eigenvalue weighted by molar-refractivity contribution is 9.10. The third kappa shape index (κ3) is 3.05. The molecule has 84 valence electrons. The molecule has 0 radical (unpaired) electrons. The van der Waals surface area contributed by atoms with Crippen molar-refractivity contribution in [3.63, 3.8) is 0 Å². The zero-order valence-corrected chi connectivity index (χ0v) is 11.3. The third-order valence-corrected chi connectivity index (χ3v) is 4.01. The van der Waals surface area contributed by atoms with Crippen LogP contribution in [-0.2, 0) is 0 Å². The highest BCUT2D eigenvalue weighted by atomic mass is 79.9. The SMILES string of the molecule is CCC(CC)C(N)c1ccc(Br)c(C)c1. The molecule has 0 fully saturated rings. The van der Waals surface area contributed by atoms with Crippen molar-refractivity contribution in [3.05, 3.63) is 33.8 Å². The van der Waals surface area contributed by atoms with Gasteiger partial charge >= 0.3 is 0 Å². The number of hydrogen-bond acceptors (Lipinski definition) is 1. The summed E-state index contributed by atoms with van der Waals surface area (Å²) in [6.07, 6.45) is 2.29. The predicted molar refractivity (Wildman–Crippen MR) is 69.9 cm³/mol. The number of hydrogen-bond donors (Lipinski definition) is 1. The average Bonchev–Trinajstić information content (AvgIpc) is 2.23. The number of nitrogens with two attached hydrogens (primary N) is 1. The second kappa shape index (κ2) is 5.66. The fourth-order valence-corrected chi connectivity index (χ4v) is 2.19. The quantitative estimate of drug-likeness (QED) is 0.872. The zero-order valence-electron chi connectivity index (χ0n) is 9.76. The number of rotatable bonds is 4. The Kier molecular flexibility index (Phi) is 4.81. The van der Waals surface area contributed by atoms with Crippen LogP contribution in [-0.4, -0.2) is 0 Å². The Labute approximate surface area is 101 Å². The van der Waals surface area contributed by atoms with Gasteiger partial charge in [0.25, 0.3) is 0 Å². The van der Waals surface area contributed by atoms with E-state index in [1.165, 1.54) is 11.1 Å². The first-order chi connectivity index (χ1) is 7.10. The maximum atomic E-state index is 6.26. The summed E-state index contributed by atoms with van der Waals surface area (Å²) >= 11 is 3.51. The van der Waals surface area contributed by atoms with Crippen molar-refractivity contribution in [2.45, 2.75) is 39.7 Å². The molecule has 1 rings (SSSR count). The lowest BCUT2D eigenvalue weighted by Crippen LogP contribution is -2.20. The van der Waals surface area contributed by atoms with E-state index in [4.69, 9.17) is 5.73 Å². The zero-order chi connectivity index (χ0) is 11.4. The number of halogens is 1. The van der Waals surface area contributed by atoms with Crippen LogP contribution in [0.15, 0.2) is 22.7 Å². The van der Waals surface area contributed by atoms with E-state index in [-0.39, 0.29) is 6.04 Å². The van der Waals surface area contributed by atoms with Crippen LogP contribution in [0.3, 0.4) is 0 Å². The van der Waals surface area contributed by atoms with Gasteiger partial charge in [-0.1, -0.05) is 54.8 Å². The Morgan fingerprint density at radius 3 is 2.33 bits per heavy atom. The van der Waals surface area contributed by atoms with E-state index in [1.807, 2.05) is 0 Å². The molecule has 0 amide bonds. The van der Waals surface area contributed by atoms with Crippen LogP contribution in [0, 0.1) is 12.8 Å². The Bertz CT molecular complexity index is 318. The van der Waals surface area contributed by atoms with Gasteiger partial charge in [-0.2, -0.15) is 0 Å². The first kappa shape index (κ1) is 12.7. The monoisotopic (exact) mass is 269 g/mol. The fraction of sp³-hybridized carbons (Fsp3) is 0.538. The smallest absolute Gasteiger partial charge is 0.0323 e. The maximum absolute atomic E-state index is 6.26. The lowest BCUT2D eigenvalue weighted by atomic mass is 9.89. The summed E-state index contributed by atoms with van der Waals surface area (Å²) in [5.74, 6) is 0.588. The molecular weight excluding hydrogens is 250 g/mol. The Morgan fingerprint density at radius 1 is 1.27 bits per heavy atom. The molecule has 15 heavy (non-hydrogen) atoms. The van der Waals surface area contributed by atoms with E-state index >= 15 is 0 Å². The minimum atomic E-state index is 0.173. The molecule has 0 saturated carbocycles. The van der Waals surface area contributed by atoms with Gasteiger partial charge in [0.2, 0.25) is 0 Å². The lowest BCUT2D eigenvalue weighted by Gasteiger charge is -2.22. The van der Waals surface area contributed by atoms with Crippen LogP contribution >= 0.6 is 15.9 Å². The fourth-order valence-electron chi connectivity index (χ4n) is 1.94. The van der Waals surface area contributed by atoms with Gasteiger partial charge in [0.05, 0.1) is 0 Å². The van der Waals surface area contributed by atoms with Crippen molar-refractivity contribution in [2.24, 2.45) is 11.7 Å². The van der Waals surface area contributed by atoms with Gasteiger partial charge in [-0.05, 0) is 30.0 Å². The summed E-state index contributed by atoms with van der Waals surface area (Å²) in [6.45, 7) is 6.52. The molecule has 0 saturated heterocycles. The van der Waals surface area contributed by atoms with E-state index in [0.717, 1.165) is 17.3 Å². The van der Waals surface area contributed by atoms with E-state index in [2.05, 4.69) is 54.9 Å². The molecule has 2 N–H and O–H groups in total. The summed E-state index contributed by atoms with van der Waals surface area (Å²) in [5, 5.41) is 0. The molecule has 1 aromatic rings. The Hall–Kier alpha value is -0.340. The highest BCUT2D eigenvalue weighted by Gasteiger charge is 2.16. The largest absolute Gasteiger partial charge is 0.324 e. The summed E-state index contributed by atoms with van der Waals surface area (Å²) in [6, 6.07) is 6.58. The van der Waals surface area contributed by atoms with Gasteiger partial charge in [0, 0.05) is 10.5 Å². The normalized spacial score (nSPS) is 13.2. The molecule has 2 heteroatoms. The number of aryl methyl sites for hydroxylation is 1. The van der Waals surface area contributed by atoms with Crippen molar-refractivity contribution in [1.29, 1.82) is 0 Å². The third-order valence-electron chi connectivity index (χ3n) is 3.12. The summed E-state index contributed by atoms with van der Waals surface area (Å²) in [4.78, 5) is 0. The average molecular weight is 270 g/mol. The molecule has 1 aromatic carbocycles. The molecule has 1 unspecified atom stereocenters. The summed E-state index contributed by atoms with van der Waals surface area (Å²) in [5.41, 5.74) is 8.78. The van der Waals surface area contributed by atoms with E-state index in [1.54, 1.807) is 0 Å². The van der Waals surface area contributed by atoms with Gasteiger partial charge < -0.3 is 5.73 Å². The predicted octanol–water partition coefficient (Wildman–Crippen LogP) is 4.19. The van der Waals surface area contributed by atoms with E-state index < -0.39 is 0 Å². The molecule has 0 spiro atoms. The van der Waals surface area contributed by atoms with Crippen LogP contribution < -0.4 is 5.73 Å². The molecule has 1 nitrogen and oxygen atoms in total. The van der Waals surface area contributed by atoms with Crippen molar-refractivity contribution in [1.82, 2.24) is 0 Å². The van der Waals surface area contributed by atoms with Crippen LogP contribution in [0.2, 0.25) is 0 Å². The van der Waals surface area contributed by atoms with Crippen molar-refractivity contribution in [3.8, 4) is 0 Å². The topological polar surface area (TPSA) is 26.0 Å². The van der Waals surface area contributed by atoms with Gasteiger partial charge in [-0.3, -0.25) is 0 Å². The minimum Gasteiger partial charge on any atom is -0.324 e. The minimum absolute atomic E-state index is 0.173. The van der Waals surface area contributed by atoms with Crippen molar-refractivity contribution < 1.29 is 0 Å². The molecule has 0 aliphatic rings. The van der Waals surface area contributed by atoms with Crippen LogP contribution in [0.5, 0.6) is 0 Å². The lowest BCUT2D eigenvalue weighted by molar-refractivity contribution is 0.405. The molecule has 0 aliphatic carbocycles. The molecule has 0 aromatic heterocycles.